The lowest BCUT2D eigenvalue weighted by atomic mass is 9.96. The SMILES string of the molecule is NC(=O)CCC(ON1CCC2(CCCN2)C1=O)C(N)=O. The van der Waals surface area contributed by atoms with Crippen molar-refractivity contribution in [3.63, 3.8) is 0 Å². The van der Waals surface area contributed by atoms with Crippen molar-refractivity contribution in [3.8, 4) is 0 Å². The Labute approximate surface area is 116 Å². The van der Waals surface area contributed by atoms with Crippen molar-refractivity contribution < 1.29 is 19.2 Å². The number of primary amides is 2. The number of rotatable bonds is 6. The number of hydroxylamine groups is 2. The van der Waals surface area contributed by atoms with Crippen LogP contribution in [0.3, 0.4) is 0 Å². The molecule has 2 rings (SSSR count). The molecular weight excluding hydrogens is 264 g/mol. The molecule has 0 aromatic heterocycles. The van der Waals surface area contributed by atoms with E-state index in [-0.39, 0.29) is 18.7 Å². The van der Waals surface area contributed by atoms with Crippen LogP contribution in [0.5, 0.6) is 0 Å². The van der Waals surface area contributed by atoms with Crippen molar-refractivity contribution in [1.29, 1.82) is 0 Å². The molecule has 5 N–H and O–H groups in total. The van der Waals surface area contributed by atoms with Crippen molar-refractivity contribution in [2.75, 3.05) is 13.1 Å². The normalized spacial score (nSPS) is 27.2. The van der Waals surface area contributed by atoms with Gasteiger partial charge in [0.2, 0.25) is 11.8 Å². The summed E-state index contributed by atoms with van der Waals surface area (Å²) in [7, 11) is 0. The predicted octanol–water partition coefficient (Wildman–Crippen LogP) is -1.61. The van der Waals surface area contributed by atoms with E-state index < -0.39 is 23.5 Å². The van der Waals surface area contributed by atoms with Crippen molar-refractivity contribution in [2.24, 2.45) is 11.5 Å². The van der Waals surface area contributed by atoms with Crippen LogP contribution in [0.15, 0.2) is 0 Å². The Hall–Kier alpha value is -1.67. The monoisotopic (exact) mass is 284 g/mol. The zero-order valence-electron chi connectivity index (χ0n) is 11.3. The van der Waals surface area contributed by atoms with Gasteiger partial charge in [-0.3, -0.25) is 19.2 Å². The van der Waals surface area contributed by atoms with E-state index in [4.69, 9.17) is 16.3 Å². The van der Waals surface area contributed by atoms with Crippen LogP contribution in [0.1, 0.15) is 32.1 Å². The van der Waals surface area contributed by atoms with E-state index in [1.807, 2.05) is 0 Å². The average molecular weight is 284 g/mol. The smallest absolute Gasteiger partial charge is 0.266 e. The summed E-state index contributed by atoms with van der Waals surface area (Å²) in [6, 6.07) is 0. The Bertz CT molecular complexity index is 420. The van der Waals surface area contributed by atoms with Gasteiger partial charge in [-0.05, 0) is 32.2 Å². The molecule has 0 bridgehead atoms. The lowest BCUT2D eigenvalue weighted by Crippen LogP contribution is -2.49. The van der Waals surface area contributed by atoms with E-state index in [1.165, 1.54) is 5.06 Å². The van der Waals surface area contributed by atoms with Crippen LogP contribution in [-0.4, -0.2) is 47.5 Å². The summed E-state index contributed by atoms with van der Waals surface area (Å²) in [6.07, 6.45) is 1.42. The zero-order valence-corrected chi connectivity index (χ0v) is 11.3. The van der Waals surface area contributed by atoms with Gasteiger partial charge in [0.15, 0.2) is 6.10 Å². The second-order valence-electron chi connectivity index (χ2n) is 5.27. The van der Waals surface area contributed by atoms with Crippen molar-refractivity contribution >= 4 is 17.7 Å². The Morgan fingerprint density at radius 1 is 1.40 bits per heavy atom. The first-order chi connectivity index (χ1) is 9.44. The molecule has 0 saturated carbocycles. The number of amides is 3. The summed E-state index contributed by atoms with van der Waals surface area (Å²) in [5, 5.41) is 4.39. The van der Waals surface area contributed by atoms with Gasteiger partial charge in [0, 0.05) is 6.42 Å². The number of hydrogen-bond acceptors (Lipinski definition) is 5. The van der Waals surface area contributed by atoms with Gasteiger partial charge in [-0.2, -0.15) is 0 Å². The first kappa shape index (κ1) is 14.7. The standard InChI is InChI=1S/C12H20N4O4/c13-9(17)3-2-8(10(14)18)20-16-7-5-12(11(16)19)4-1-6-15-12/h8,15H,1-7H2,(H2,13,17)(H2,14,18). The van der Waals surface area contributed by atoms with Gasteiger partial charge in [-0.15, -0.1) is 0 Å². The summed E-state index contributed by atoms with van der Waals surface area (Å²) >= 11 is 0. The van der Waals surface area contributed by atoms with Crippen LogP contribution in [0.25, 0.3) is 0 Å². The molecule has 2 atom stereocenters. The zero-order chi connectivity index (χ0) is 14.8. The van der Waals surface area contributed by atoms with Crippen molar-refractivity contribution in [1.82, 2.24) is 10.4 Å². The summed E-state index contributed by atoms with van der Waals surface area (Å²) in [5.41, 5.74) is 9.71. The molecule has 2 saturated heterocycles. The molecule has 2 heterocycles. The lowest BCUT2D eigenvalue weighted by molar-refractivity contribution is -0.201. The minimum atomic E-state index is -1.01. The quantitative estimate of drug-likeness (QED) is 0.541. The lowest BCUT2D eigenvalue weighted by Gasteiger charge is -2.25. The molecular formula is C12H20N4O4. The molecule has 8 heteroatoms. The maximum Gasteiger partial charge on any atom is 0.266 e. The third kappa shape index (κ3) is 2.91. The number of carbonyl (C=O) groups excluding carboxylic acids is 3. The van der Waals surface area contributed by atoms with Crippen LogP contribution in [-0.2, 0) is 19.2 Å². The molecule has 2 aliphatic rings. The largest absolute Gasteiger partial charge is 0.370 e. The van der Waals surface area contributed by atoms with Gasteiger partial charge in [0.25, 0.3) is 5.91 Å². The molecule has 20 heavy (non-hydrogen) atoms. The number of nitrogens with two attached hydrogens (primary N) is 2. The molecule has 2 unspecified atom stereocenters. The van der Waals surface area contributed by atoms with E-state index in [0.29, 0.717) is 13.0 Å². The maximum atomic E-state index is 12.3. The van der Waals surface area contributed by atoms with Crippen molar-refractivity contribution in [3.05, 3.63) is 0 Å². The Balaban J connectivity index is 1.95. The molecule has 0 radical (unpaired) electrons. The van der Waals surface area contributed by atoms with Crippen LogP contribution in [0.4, 0.5) is 0 Å². The van der Waals surface area contributed by atoms with E-state index in [0.717, 1.165) is 19.4 Å². The topological polar surface area (TPSA) is 128 Å². The van der Waals surface area contributed by atoms with E-state index in [2.05, 4.69) is 5.32 Å². The van der Waals surface area contributed by atoms with Crippen molar-refractivity contribution in [2.45, 2.75) is 43.7 Å². The minimum Gasteiger partial charge on any atom is -0.370 e. The fourth-order valence-electron chi connectivity index (χ4n) is 2.72. The molecule has 0 aromatic rings. The third-order valence-electron chi connectivity index (χ3n) is 3.85. The Morgan fingerprint density at radius 2 is 2.15 bits per heavy atom. The first-order valence-corrected chi connectivity index (χ1v) is 6.76. The summed E-state index contributed by atoms with van der Waals surface area (Å²) in [5.74, 6) is -1.42. The molecule has 0 aromatic carbocycles. The van der Waals surface area contributed by atoms with E-state index >= 15 is 0 Å². The highest BCUT2D eigenvalue weighted by Gasteiger charge is 2.49. The van der Waals surface area contributed by atoms with Gasteiger partial charge >= 0.3 is 0 Å². The van der Waals surface area contributed by atoms with Gasteiger partial charge in [0.1, 0.15) is 5.54 Å². The Morgan fingerprint density at radius 3 is 2.70 bits per heavy atom. The highest BCUT2D eigenvalue weighted by atomic mass is 16.7. The van der Waals surface area contributed by atoms with E-state index in [9.17, 15) is 14.4 Å². The van der Waals surface area contributed by atoms with Crippen LogP contribution < -0.4 is 16.8 Å². The van der Waals surface area contributed by atoms with Gasteiger partial charge in [0.05, 0.1) is 6.54 Å². The van der Waals surface area contributed by atoms with Gasteiger partial charge in [-0.25, -0.2) is 5.06 Å². The molecule has 2 aliphatic heterocycles. The molecule has 2 fully saturated rings. The number of hydrogen-bond donors (Lipinski definition) is 3. The summed E-state index contributed by atoms with van der Waals surface area (Å²) in [6.45, 7) is 1.21. The fourth-order valence-corrected chi connectivity index (χ4v) is 2.72. The van der Waals surface area contributed by atoms with Crippen LogP contribution >= 0.6 is 0 Å². The number of nitrogens with zero attached hydrogens (tertiary/aromatic N) is 1. The van der Waals surface area contributed by atoms with E-state index in [1.54, 1.807) is 0 Å². The molecule has 8 nitrogen and oxygen atoms in total. The molecule has 0 aliphatic carbocycles. The highest BCUT2D eigenvalue weighted by molar-refractivity contribution is 5.88. The maximum absolute atomic E-state index is 12.3. The molecule has 112 valence electrons. The predicted molar refractivity (Wildman–Crippen MR) is 68.8 cm³/mol. The average Bonchev–Trinajstić information content (AvgIpc) is 2.96. The molecule has 3 amide bonds. The third-order valence-corrected chi connectivity index (χ3v) is 3.85. The summed E-state index contributed by atoms with van der Waals surface area (Å²) in [4.78, 5) is 39.8. The van der Waals surface area contributed by atoms with Gasteiger partial charge < -0.3 is 16.8 Å². The van der Waals surface area contributed by atoms with Gasteiger partial charge in [-0.1, -0.05) is 0 Å². The van der Waals surface area contributed by atoms with Crippen LogP contribution in [0, 0.1) is 0 Å². The second kappa shape index (κ2) is 5.76. The number of carbonyl (C=O) groups is 3. The second-order valence-corrected chi connectivity index (χ2v) is 5.27. The summed E-state index contributed by atoms with van der Waals surface area (Å²) < 4.78 is 0. The number of nitrogens with one attached hydrogen (secondary N) is 1. The molecule has 1 spiro atoms. The first-order valence-electron chi connectivity index (χ1n) is 6.76. The van der Waals surface area contributed by atoms with Crippen LogP contribution in [0.2, 0.25) is 0 Å². The minimum absolute atomic E-state index is 0.0149. The fraction of sp³-hybridized carbons (Fsp3) is 0.750. The Kier molecular flexibility index (Phi) is 4.24. The highest BCUT2D eigenvalue weighted by Crippen LogP contribution is 2.31.